The minimum atomic E-state index is -1.05. The minimum Gasteiger partial charge on any atom is -0.366 e. The molecule has 0 saturated carbocycles. The van der Waals surface area contributed by atoms with Gasteiger partial charge in [-0.15, -0.1) is 0 Å². The minimum absolute atomic E-state index is 0.107. The van der Waals surface area contributed by atoms with Crippen molar-refractivity contribution in [3.05, 3.63) is 89.5 Å². The van der Waals surface area contributed by atoms with E-state index in [1.807, 2.05) is 26.8 Å². The first-order chi connectivity index (χ1) is 17.9. The summed E-state index contributed by atoms with van der Waals surface area (Å²) in [6.45, 7) is 7.68. The molecule has 3 amide bonds. The van der Waals surface area contributed by atoms with E-state index in [9.17, 15) is 14.0 Å². The van der Waals surface area contributed by atoms with Crippen molar-refractivity contribution in [2.45, 2.75) is 33.1 Å². The van der Waals surface area contributed by atoms with E-state index in [0.717, 1.165) is 11.0 Å². The van der Waals surface area contributed by atoms with Gasteiger partial charge in [0.15, 0.2) is 0 Å². The molecule has 0 unspecified atom stereocenters. The number of rotatable bonds is 5. The smallest absolute Gasteiger partial charge is 0.323 e. The highest BCUT2D eigenvalue weighted by Gasteiger charge is 2.28. The molecule has 194 valence electrons. The number of nitrogens with zero attached hydrogens (tertiary/aromatic N) is 4. The van der Waals surface area contributed by atoms with Gasteiger partial charge in [-0.2, -0.15) is 0 Å². The Morgan fingerprint density at radius 1 is 0.921 bits per heavy atom. The van der Waals surface area contributed by atoms with Gasteiger partial charge in [0, 0.05) is 29.4 Å². The second-order valence-corrected chi connectivity index (χ2v) is 9.74. The van der Waals surface area contributed by atoms with Crippen LogP contribution >= 0.6 is 0 Å². The van der Waals surface area contributed by atoms with Crippen LogP contribution < -0.4 is 16.4 Å². The summed E-state index contributed by atoms with van der Waals surface area (Å²) in [5, 5.41) is 0. The Morgan fingerprint density at radius 3 is 2.32 bits per heavy atom. The summed E-state index contributed by atoms with van der Waals surface area (Å²) >= 11 is 0. The lowest BCUT2D eigenvalue weighted by Crippen LogP contribution is -2.33. The summed E-state index contributed by atoms with van der Waals surface area (Å²) in [6, 6.07) is 10.3. The number of anilines is 2. The lowest BCUT2D eigenvalue weighted by atomic mass is 9.95. The number of primary amides is 2. The second kappa shape index (κ2) is 9.97. The van der Waals surface area contributed by atoms with E-state index >= 15 is 4.39 Å². The van der Waals surface area contributed by atoms with Gasteiger partial charge in [-0.3, -0.25) is 14.7 Å². The molecular weight excluding hydrogens is 490 g/mol. The Morgan fingerprint density at radius 2 is 1.66 bits per heavy atom. The Labute approximate surface area is 218 Å². The van der Waals surface area contributed by atoms with E-state index in [4.69, 9.17) is 11.5 Å². The van der Waals surface area contributed by atoms with Crippen molar-refractivity contribution in [3.63, 3.8) is 0 Å². The molecule has 0 aliphatic carbocycles. The molecule has 2 aromatic heterocycles. The van der Waals surface area contributed by atoms with Crippen LogP contribution in [0.1, 0.15) is 42.5 Å². The number of urea groups is 1. The standard InChI is InChI=1S/C28H26F2N6O2/c1-15-7-8-16(20-9-11-34-26(35-20)28(2,3)4)12-21(15)36(27(32)38)22-14-17(29)13-19(30)23(22)24-18(25(31)37)6-5-10-33-24/h5-14H,1-4H3,(H2,31,37)(H2,32,38). The van der Waals surface area contributed by atoms with Crippen LogP contribution in [0.3, 0.4) is 0 Å². The third-order valence-electron chi connectivity index (χ3n) is 5.88. The zero-order valence-corrected chi connectivity index (χ0v) is 21.3. The summed E-state index contributed by atoms with van der Waals surface area (Å²) in [5.41, 5.74) is 12.2. The monoisotopic (exact) mass is 516 g/mol. The predicted octanol–water partition coefficient (Wildman–Crippen LogP) is 5.41. The van der Waals surface area contributed by atoms with E-state index in [0.29, 0.717) is 28.7 Å². The first-order valence-electron chi connectivity index (χ1n) is 11.7. The predicted molar refractivity (Wildman–Crippen MR) is 141 cm³/mol. The average Bonchev–Trinajstić information content (AvgIpc) is 2.84. The van der Waals surface area contributed by atoms with Gasteiger partial charge in [-0.05, 0) is 42.8 Å². The molecule has 0 aliphatic heterocycles. The van der Waals surface area contributed by atoms with Crippen LogP contribution in [0.2, 0.25) is 0 Å². The fraction of sp³-hybridized carbons (Fsp3) is 0.179. The average molecular weight is 517 g/mol. The fourth-order valence-electron chi connectivity index (χ4n) is 4.03. The van der Waals surface area contributed by atoms with Gasteiger partial charge < -0.3 is 11.5 Å². The largest absolute Gasteiger partial charge is 0.366 e. The molecule has 4 N–H and O–H groups in total. The molecule has 2 heterocycles. The van der Waals surface area contributed by atoms with Crippen LogP contribution in [0.5, 0.6) is 0 Å². The zero-order valence-electron chi connectivity index (χ0n) is 21.3. The molecule has 0 spiro atoms. The molecule has 0 fully saturated rings. The molecule has 4 aromatic rings. The molecule has 0 saturated heterocycles. The summed E-state index contributed by atoms with van der Waals surface area (Å²) in [4.78, 5) is 39.1. The number of hydrogen-bond donors (Lipinski definition) is 2. The highest BCUT2D eigenvalue weighted by atomic mass is 19.1. The second-order valence-electron chi connectivity index (χ2n) is 9.74. The van der Waals surface area contributed by atoms with Crippen molar-refractivity contribution < 1.29 is 18.4 Å². The Balaban J connectivity index is 1.97. The maximum atomic E-state index is 15.4. The maximum Gasteiger partial charge on any atom is 0.323 e. The lowest BCUT2D eigenvalue weighted by molar-refractivity contribution is 0.100. The van der Waals surface area contributed by atoms with Gasteiger partial charge >= 0.3 is 6.03 Å². The fourth-order valence-corrected chi connectivity index (χ4v) is 4.03. The van der Waals surface area contributed by atoms with Gasteiger partial charge in [0.2, 0.25) is 0 Å². The summed E-state index contributed by atoms with van der Waals surface area (Å²) in [7, 11) is 0. The molecule has 0 bridgehead atoms. The van der Waals surface area contributed by atoms with E-state index in [-0.39, 0.29) is 33.6 Å². The van der Waals surface area contributed by atoms with Crippen LogP contribution in [-0.2, 0) is 5.41 Å². The topological polar surface area (TPSA) is 128 Å². The van der Waals surface area contributed by atoms with Gasteiger partial charge in [-0.1, -0.05) is 32.9 Å². The third kappa shape index (κ3) is 5.06. The van der Waals surface area contributed by atoms with Gasteiger partial charge in [-0.25, -0.2) is 23.5 Å². The number of nitrogens with two attached hydrogens (primary N) is 2. The Bertz CT molecular complexity index is 1570. The van der Waals surface area contributed by atoms with E-state index in [1.54, 1.807) is 31.3 Å². The molecule has 38 heavy (non-hydrogen) atoms. The van der Waals surface area contributed by atoms with Crippen molar-refractivity contribution in [3.8, 4) is 22.5 Å². The normalized spacial score (nSPS) is 11.3. The Kier molecular flexibility index (Phi) is 6.91. The molecule has 2 aromatic carbocycles. The first kappa shape index (κ1) is 26.3. The summed E-state index contributed by atoms with van der Waals surface area (Å²) < 4.78 is 29.9. The summed E-state index contributed by atoms with van der Waals surface area (Å²) in [5.74, 6) is -2.26. The quantitative estimate of drug-likeness (QED) is 0.367. The number of carbonyl (C=O) groups is 2. The molecular formula is C28H26F2N6O2. The van der Waals surface area contributed by atoms with Crippen molar-refractivity contribution in [1.29, 1.82) is 0 Å². The zero-order chi connectivity index (χ0) is 27.8. The van der Waals surface area contributed by atoms with Crippen molar-refractivity contribution in [2.75, 3.05) is 4.90 Å². The molecule has 0 radical (unpaired) electrons. The molecule has 0 atom stereocenters. The number of amides is 3. The molecule has 4 rings (SSSR count). The highest BCUT2D eigenvalue weighted by Crippen LogP contribution is 2.40. The number of aryl methyl sites for hydroxylation is 1. The lowest BCUT2D eigenvalue weighted by Gasteiger charge is -2.26. The van der Waals surface area contributed by atoms with Gasteiger partial charge in [0.1, 0.15) is 17.5 Å². The van der Waals surface area contributed by atoms with Gasteiger partial charge in [0.05, 0.1) is 33.9 Å². The maximum absolute atomic E-state index is 15.4. The van der Waals surface area contributed by atoms with Crippen molar-refractivity contribution in [1.82, 2.24) is 15.0 Å². The van der Waals surface area contributed by atoms with E-state index in [2.05, 4.69) is 15.0 Å². The number of hydrogen-bond acceptors (Lipinski definition) is 5. The van der Waals surface area contributed by atoms with Crippen LogP contribution in [0.25, 0.3) is 22.5 Å². The van der Waals surface area contributed by atoms with Crippen molar-refractivity contribution in [2.24, 2.45) is 11.5 Å². The molecule has 8 nitrogen and oxygen atoms in total. The Hall–Kier alpha value is -4.73. The van der Waals surface area contributed by atoms with Crippen molar-refractivity contribution >= 4 is 23.3 Å². The summed E-state index contributed by atoms with van der Waals surface area (Å²) in [6.07, 6.45) is 2.97. The SMILES string of the molecule is Cc1ccc(-c2ccnc(C(C)(C)C)n2)cc1N(C(N)=O)c1cc(F)cc(F)c1-c1ncccc1C(N)=O. The van der Waals surface area contributed by atoms with Crippen LogP contribution in [0, 0.1) is 18.6 Å². The number of benzene rings is 2. The first-order valence-corrected chi connectivity index (χ1v) is 11.7. The van der Waals surface area contributed by atoms with Crippen LogP contribution in [0.15, 0.2) is 60.9 Å². The van der Waals surface area contributed by atoms with Crippen LogP contribution in [0.4, 0.5) is 25.0 Å². The van der Waals surface area contributed by atoms with Crippen LogP contribution in [-0.4, -0.2) is 26.9 Å². The third-order valence-corrected chi connectivity index (χ3v) is 5.88. The van der Waals surface area contributed by atoms with E-state index < -0.39 is 23.6 Å². The van der Waals surface area contributed by atoms with Gasteiger partial charge in [0.25, 0.3) is 5.91 Å². The number of halogens is 2. The number of carbonyl (C=O) groups excluding carboxylic acids is 2. The molecule has 10 heteroatoms. The highest BCUT2D eigenvalue weighted by molar-refractivity contribution is 6.06. The number of aromatic nitrogens is 3. The molecule has 0 aliphatic rings. The number of pyridine rings is 1. The van der Waals surface area contributed by atoms with E-state index in [1.165, 1.54) is 18.3 Å².